The van der Waals surface area contributed by atoms with Crippen molar-refractivity contribution in [2.24, 2.45) is 0 Å². The van der Waals surface area contributed by atoms with E-state index >= 15 is 0 Å². The van der Waals surface area contributed by atoms with Gasteiger partial charge in [-0.05, 0) is 31.0 Å². The van der Waals surface area contributed by atoms with Gasteiger partial charge in [0.25, 0.3) is 5.91 Å². The van der Waals surface area contributed by atoms with E-state index in [-0.39, 0.29) is 11.9 Å². The van der Waals surface area contributed by atoms with Crippen molar-refractivity contribution in [1.82, 2.24) is 5.32 Å². The van der Waals surface area contributed by atoms with Gasteiger partial charge in [-0.2, -0.15) is 0 Å². The van der Waals surface area contributed by atoms with Gasteiger partial charge in [-0.15, -0.1) is 0 Å². The fraction of sp³-hybridized carbons (Fsp3) is 0.200. The first-order valence-corrected chi connectivity index (χ1v) is 8.25. The van der Waals surface area contributed by atoms with E-state index < -0.39 is 11.7 Å². The van der Waals surface area contributed by atoms with Gasteiger partial charge < -0.3 is 14.5 Å². The minimum Gasteiger partial charge on any atom is -0.476 e. The quantitative estimate of drug-likeness (QED) is 0.727. The molecule has 0 radical (unpaired) electrons. The molecule has 25 heavy (non-hydrogen) atoms. The lowest BCUT2D eigenvalue weighted by molar-refractivity contribution is -0.128. The highest BCUT2D eigenvalue weighted by atomic mass is 16.5. The molecule has 126 valence electrons. The zero-order valence-corrected chi connectivity index (χ0v) is 13.5. The lowest BCUT2D eigenvalue weighted by Gasteiger charge is -2.19. The van der Waals surface area contributed by atoms with Gasteiger partial charge in [0.05, 0.1) is 0 Å². The molecule has 5 nitrogen and oxygen atoms in total. The molecule has 0 bridgehead atoms. The predicted octanol–water partition coefficient (Wildman–Crippen LogP) is 3.19. The fourth-order valence-electron chi connectivity index (χ4n) is 2.66. The van der Waals surface area contributed by atoms with Crippen molar-refractivity contribution >= 4 is 16.9 Å². The highest BCUT2D eigenvalue weighted by molar-refractivity contribution is 5.83. The molecule has 5 heteroatoms. The summed E-state index contributed by atoms with van der Waals surface area (Å²) in [4.78, 5) is 24.0. The molecule has 1 N–H and O–H groups in total. The second-order valence-electron chi connectivity index (χ2n) is 6.15. The van der Waals surface area contributed by atoms with Gasteiger partial charge in [0, 0.05) is 29.1 Å². The summed E-state index contributed by atoms with van der Waals surface area (Å²) in [7, 11) is 0. The minimum atomic E-state index is -0.755. The van der Waals surface area contributed by atoms with Gasteiger partial charge in [-0.3, -0.25) is 4.79 Å². The Balaban J connectivity index is 1.65. The largest absolute Gasteiger partial charge is 0.476 e. The van der Waals surface area contributed by atoms with Crippen molar-refractivity contribution in [1.29, 1.82) is 0 Å². The number of carbonyl (C=O) groups excluding carboxylic acids is 1. The molecule has 0 saturated heterocycles. The predicted molar refractivity (Wildman–Crippen MR) is 93.5 cm³/mol. The molecule has 1 amide bonds. The average Bonchev–Trinajstić information content (AvgIpc) is 3.44. The number of nitrogens with one attached hydrogen (secondary N) is 1. The topological polar surface area (TPSA) is 68.5 Å². The Morgan fingerprint density at radius 1 is 1.08 bits per heavy atom. The van der Waals surface area contributed by atoms with Gasteiger partial charge in [0.2, 0.25) is 6.10 Å². The standard InChI is InChI=1S/C20H17NO4/c22-18-11-7-13-6-10-16(12-17(13)25-18)24-19(14-4-2-1-3-5-14)20(23)21-15-8-9-15/h1-7,10-12,15,19H,8-9H2,(H,21,23)/t19-/m0/s1. The monoisotopic (exact) mass is 335 g/mol. The third kappa shape index (κ3) is 3.55. The summed E-state index contributed by atoms with van der Waals surface area (Å²) in [6.07, 6.45) is 1.26. The highest BCUT2D eigenvalue weighted by Gasteiger charge is 2.29. The van der Waals surface area contributed by atoms with Crippen LogP contribution in [0, 0.1) is 0 Å². The molecule has 1 aromatic heterocycles. The number of carbonyl (C=O) groups is 1. The van der Waals surface area contributed by atoms with Crippen LogP contribution in [-0.2, 0) is 4.79 Å². The van der Waals surface area contributed by atoms with Crippen LogP contribution in [0.1, 0.15) is 24.5 Å². The number of hydrogen-bond donors (Lipinski definition) is 1. The van der Waals surface area contributed by atoms with Crippen molar-refractivity contribution in [2.75, 3.05) is 0 Å². The maximum absolute atomic E-state index is 12.6. The van der Waals surface area contributed by atoms with Crippen LogP contribution in [0.5, 0.6) is 5.75 Å². The van der Waals surface area contributed by atoms with E-state index in [4.69, 9.17) is 9.15 Å². The minimum absolute atomic E-state index is 0.164. The van der Waals surface area contributed by atoms with Crippen molar-refractivity contribution in [2.45, 2.75) is 25.0 Å². The van der Waals surface area contributed by atoms with Crippen LogP contribution in [0.3, 0.4) is 0 Å². The molecule has 4 rings (SSSR count). The van der Waals surface area contributed by atoms with E-state index in [1.54, 1.807) is 24.3 Å². The van der Waals surface area contributed by atoms with E-state index in [1.807, 2.05) is 30.3 Å². The third-order valence-corrected chi connectivity index (χ3v) is 4.11. The summed E-state index contributed by atoms with van der Waals surface area (Å²) >= 11 is 0. The second-order valence-corrected chi connectivity index (χ2v) is 6.15. The Kier molecular flexibility index (Phi) is 3.98. The lowest BCUT2D eigenvalue weighted by atomic mass is 10.1. The molecule has 1 aliphatic rings. The summed E-state index contributed by atoms with van der Waals surface area (Å²) in [5.41, 5.74) is 0.783. The van der Waals surface area contributed by atoms with Gasteiger partial charge in [-0.1, -0.05) is 30.3 Å². The van der Waals surface area contributed by atoms with Crippen LogP contribution in [0.15, 0.2) is 69.9 Å². The Morgan fingerprint density at radius 3 is 2.60 bits per heavy atom. The summed E-state index contributed by atoms with van der Waals surface area (Å²) in [5, 5.41) is 3.78. The molecule has 1 aliphatic carbocycles. The SMILES string of the molecule is O=C(NC1CC1)[C@@H](Oc1ccc2ccc(=O)oc2c1)c1ccccc1. The molecule has 0 unspecified atom stereocenters. The Bertz CT molecular complexity index is 960. The van der Waals surface area contributed by atoms with Gasteiger partial charge in [0.1, 0.15) is 11.3 Å². The van der Waals surface area contributed by atoms with Crippen molar-refractivity contribution in [3.8, 4) is 5.75 Å². The summed E-state index contributed by atoms with van der Waals surface area (Å²) < 4.78 is 11.2. The first kappa shape index (κ1) is 15.4. The summed E-state index contributed by atoms with van der Waals surface area (Å²) in [6.45, 7) is 0. The van der Waals surface area contributed by atoms with Crippen molar-refractivity contribution in [3.05, 3.63) is 76.6 Å². The Hall–Kier alpha value is -3.08. The van der Waals surface area contributed by atoms with E-state index in [9.17, 15) is 9.59 Å². The van der Waals surface area contributed by atoms with Crippen LogP contribution in [-0.4, -0.2) is 11.9 Å². The molecular formula is C20H17NO4. The number of rotatable bonds is 5. The number of fused-ring (bicyclic) bond motifs is 1. The Labute approximate surface area is 144 Å². The van der Waals surface area contributed by atoms with Gasteiger partial charge >= 0.3 is 5.63 Å². The summed E-state index contributed by atoms with van der Waals surface area (Å²) in [5.74, 6) is 0.310. The first-order valence-electron chi connectivity index (χ1n) is 8.25. The van der Waals surface area contributed by atoms with Gasteiger partial charge in [-0.25, -0.2) is 4.79 Å². The zero-order valence-electron chi connectivity index (χ0n) is 13.5. The molecule has 0 spiro atoms. The molecule has 1 saturated carbocycles. The molecule has 2 aromatic carbocycles. The lowest BCUT2D eigenvalue weighted by Crippen LogP contribution is -2.33. The molecule has 1 fully saturated rings. The van der Waals surface area contributed by atoms with Gasteiger partial charge in [0.15, 0.2) is 0 Å². The number of hydrogen-bond acceptors (Lipinski definition) is 4. The smallest absolute Gasteiger partial charge is 0.336 e. The molecular weight excluding hydrogens is 318 g/mol. The Morgan fingerprint density at radius 2 is 1.84 bits per heavy atom. The second kappa shape index (κ2) is 6.43. The number of ether oxygens (including phenoxy) is 1. The maximum atomic E-state index is 12.6. The zero-order chi connectivity index (χ0) is 17.2. The van der Waals surface area contributed by atoms with E-state index in [1.165, 1.54) is 6.07 Å². The fourth-order valence-corrected chi connectivity index (χ4v) is 2.66. The first-order chi connectivity index (χ1) is 12.2. The van der Waals surface area contributed by atoms with E-state index in [2.05, 4.69) is 5.32 Å². The third-order valence-electron chi connectivity index (χ3n) is 4.11. The summed E-state index contributed by atoms with van der Waals surface area (Å²) in [6, 6.07) is 17.9. The van der Waals surface area contributed by atoms with Crippen molar-refractivity contribution in [3.63, 3.8) is 0 Å². The molecule has 3 aromatic rings. The number of amides is 1. The van der Waals surface area contributed by atoms with Crippen LogP contribution >= 0.6 is 0 Å². The van der Waals surface area contributed by atoms with Crippen LogP contribution < -0.4 is 15.7 Å². The average molecular weight is 335 g/mol. The van der Waals surface area contributed by atoms with Crippen LogP contribution in [0.4, 0.5) is 0 Å². The van der Waals surface area contributed by atoms with E-state index in [0.717, 1.165) is 23.8 Å². The molecule has 0 aliphatic heterocycles. The van der Waals surface area contributed by atoms with Crippen molar-refractivity contribution < 1.29 is 13.9 Å². The molecule has 1 atom stereocenters. The highest BCUT2D eigenvalue weighted by Crippen LogP contribution is 2.27. The number of benzene rings is 2. The van der Waals surface area contributed by atoms with Crippen LogP contribution in [0.2, 0.25) is 0 Å². The normalized spacial score (nSPS) is 14.9. The van der Waals surface area contributed by atoms with E-state index in [0.29, 0.717) is 11.3 Å². The molecule has 1 heterocycles. The van der Waals surface area contributed by atoms with Crippen LogP contribution in [0.25, 0.3) is 11.0 Å². The maximum Gasteiger partial charge on any atom is 0.336 e.